The second kappa shape index (κ2) is 5.05. The minimum Gasteiger partial charge on any atom is -0.360 e. The molecule has 0 aliphatic carbocycles. The van der Waals surface area contributed by atoms with E-state index in [1.807, 2.05) is 0 Å². The van der Waals surface area contributed by atoms with Gasteiger partial charge < -0.3 is 11.1 Å². The molecular weight excluding hydrogens is 172 g/mol. The summed E-state index contributed by atoms with van der Waals surface area (Å²) in [6.45, 7) is 2.97. The van der Waals surface area contributed by atoms with Crippen LogP contribution in [0.1, 0.15) is 19.8 Å². The summed E-state index contributed by atoms with van der Waals surface area (Å²) < 4.78 is 0. The molecule has 0 spiro atoms. The average Bonchev–Trinajstić information content (AvgIpc) is 2.57. The van der Waals surface area contributed by atoms with Crippen molar-refractivity contribution in [3.05, 3.63) is 5.51 Å². The third kappa shape index (κ3) is 3.15. The molecule has 1 unspecified atom stereocenters. The van der Waals surface area contributed by atoms with E-state index in [-0.39, 0.29) is 0 Å². The van der Waals surface area contributed by atoms with E-state index >= 15 is 0 Å². The standard InChI is InChI=1S/C7H14N4S/c1-2-6(8)3-4-9-7-11-10-5-12-7/h5-6H,2-4,8H2,1H3,(H,9,11). The van der Waals surface area contributed by atoms with Crippen LogP contribution in [-0.2, 0) is 0 Å². The lowest BCUT2D eigenvalue weighted by Gasteiger charge is -2.07. The van der Waals surface area contributed by atoms with Gasteiger partial charge in [-0.15, -0.1) is 10.2 Å². The fourth-order valence-electron chi connectivity index (χ4n) is 0.819. The quantitative estimate of drug-likeness (QED) is 0.722. The van der Waals surface area contributed by atoms with Crippen LogP contribution in [0.25, 0.3) is 0 Å². The maximum atomic E-state index is 5.74. The lowest BCUT2D eigenvalue weighted by atomic mass is 10.2. The molecule has 0 saturated carbocycles. The van der Waals surface area contributed by atoms with E-state index in [9.17, 15) is 0 Å². The number of anilines is 1. The largest absolute Gasteiger partial charge is 0.360 e. The average molecular weight is 186 g/mol. The van der Waals surface area contributed by atoms with Gasteiger partial charge in [-0.25, -0.2) is 0 Å². The van der Waals surface area contributed by atoms with Crippen LogP contribution in [-0.4, -0.2) is 22.8 Å². The molecule has 0 fully saturated rings. The number of nitrogens with one attached hydrogen (secondary N) is 1. The fraction of sp³-hybridized carbons (Fsp3) is 0.714. The van der Waals surface area contributed by atoms with Gasteiger partial charge in [0, 0.05) is 12.6 Å². The summed E-state index contributed by atoms with van der Waals surface area (Å²) in [4.78, 5) is 0. The SMILES string of the molecule is CCC(N)CCNc1nncs1. The van der Waals surface area contributed by atoms with Crippen LogP contribution in [0.2, 0.25) is 0 Å². The zero-order valence-corrected chi connectivity index (χ0v) is 7.97. The van der Waals surface area contributed by atoms with Gasteiger partial charge in [0.2, 0.25) is 5.13 Å². The lowest BCUT2D eigenvalue weighted by Crippen LogP contribution is -2.22. The van der Waals surface area contributed by atoms with Gasteiger partial charge in [0.1, 0.15) is 5.51 Å². The minimum absolute atomic E-state index is 0.297. The molecule has 1 aromatic rings. The molecule has 3 N–H and O–H groups in total. The topological polar surface area (TPSA) is 63.8 Å². The van der Waals surface area contributed by atoms with Crippen LogP contribution < -0.4 is 11.1 Å². The van der Waals surface area contributed by atoms with E-state index < -0.39 is 0 Å². The van der Waals surface area contributed by atoms with E-state index in [0.717, 1.165) is 24.5 Å². The molecule has 68 valence electrons. The monoisotopic (exact) mass is 186 g/mol. The first-order valence-electron chi connectivity index (χ1n) is 4.08. The second-order valence-corrected chi connectivity index (χ2v) is 3.46. The zero-order chi connectivity index (χ0) is 8.81. The zero-order valence-electron chi connectivity index (χ0n) is 7.16. The molecule has 1 aromatic heterocycles. The van der Waals surface area contributed by atoms with Gasteiger partial charge in [0.25, 0.3) is 0 Å². The predicted molar refractivity (Wildman–Crippen MR) is 51.3 cm³/mol. The van der Waals surface area contributed by atoms with Crippen molar-refractivity contribution in [2.24, 2.45) is 5.73 Å². The third-order valence-electron chi connectivity index (χ3n) is 1.68. The number of nitrogens with two attached hydrogens (primary N) is 1. The van der Waals surface area contributed by atoms with E-state index in [2.05, 4.69) is 22.4 Å². The Labute approximate surface area is 76.2 Å². The summed E-state index contributed by atoms with van der Waals surface area (Å²) in [5.41, 5.74) is 7.45. The molecule has 1 heterocycles. The molecule has 0 aliphatic heterocycles. The number of rotatable bonds is 5. The van der Waals surface area contributed by atoms with Crippen molar-refractivity contribution >= 4 is 16.5 Å². The van der Waals surface area contributed by atoms with Crippen molar-refractivity contribution in [3.63, 3.8) is 0 Å². The Morgan fingerprint density at radius 2 is 2.58 bits per heavy atom. The van der Waals surface area contributed by atoms with Crippen LogP contribution in [0, 0.1) is 0 Å². The molecule has 1 rings (SSSR count). The molecule has 12 heavy (non-hydrogen) atoms. The summed E-state index contributed by atoms with van der Waals surface area (Å²) in [6, 6.07) is 0.297. The highest BCUT2D eigenvalue weighted by molar-refractivity contribution is 7.13. The summed E-state index contributed by atoms with van der Waals surface area (Å²) in [6.07, 6.45) is 2.01. The third-order valence-corrected chi connectivity index (χ3v) is 2.32. The van der Waals surface area contributed by atoms with Crippen LogP contribution in [0.4, 0.5) is 5.13 Å². The summed E-state index contributed by atoms with van der Waals surface area (Å²) in [5.74, 6) is 0. The second-order valence-electron chi connectivity index (χ2n) is 2.63. The minimum atomic E-state index is 0.297. The molecule has 0 radical (unpaired) electrons. The van der Waals surface area contributed by atoms with E-state index in [4.69, 9.17) is 5.73 Å². The van der Waals surface area contributed by atoms with Crippen molar-refractivity contribution < 1.29 is 0 Å². The van der Waals surface area contributed by atoms with Gasteiger partial charge in [-0.2, -0.15) is 0 Å². The van der Waals surface area contributed by atoms with Crippen LogP contribution in [0.15, 0.2) is 5.51 Å². The highest BCUT2D eigenvalue weighted by Gasteiger charge is 1.99. The molecule has 0 saturated heterocycles. The molecule has 1 atom stereocenters. The highest BCUT2D eigenvalue weighted by Crippen LogP contribution is 2.07. The molecule has 0 aliphatic rings. The highest BCUT2D eigenvalue weighted by atomic mass is 32.1. The van der Waals surface area contributed by atoms with Gasteiger partial charge in [0.05, 0.1) is 0 Å². The first-order valence-corrected chi connectivity index (χ1v) is 4.96. The number of nitrogens with zero attached hydrogens (tertiary/aromatic N) is 2. The lowest BCUT2D eigenvalue weighted by molar-refractivity contribution is 0.613. The molecule has 0 aromatic carbocycles. The van der Waals surface area contributed by atoms with Crippen LogP contribution in [0.3, 0.4) is 0 Å². The molecule has 4 nitrogen and oxygen atoms in total. The number of aromatic nitrogens is 2. The number of hydrogen-bond donors (Lipinski definition) is 2. The van der Waals surface area contributed by atoms with Gasteiger partial charge in [-0.3, -0.25) is 0 Å². The van der Waals surface area contributed by atoms with E-state index in [0.29, 0.717) is 6.04 Å². The van der Waals surface area contributed by atoms with Crippen molar-refractivity contribution in [2.75, 3.05) is 11.9 Å². The van der Waals surface area contributed by atoms with Gasteiger partial charge >= 0.3 is 0 Å². The normalized spacial score (nSPS) is 12.8. The molecule has 0 amide bonds. The summed E-state index contributed by atoms with van der Waals surface area (Å²) in [7, 11) is 0. The van der Waals surface area contributed by atoms with Crippen LogP contribution >= 0.6 is 11.3 Å². The maximum absolute atomic E-state index is 5.74. The van der Waals surface area contributed by atoms with Crippen molar-refractivity contribution in [1.29, 1.82) is 0 Å². The summed E-state index contributed by atoms with van der Waals surface area (Å²) >= 11 is 1.51. The Morgan fingerprint density at radius 3 is 3.17 bits per heavy atom. The van der Waals surface area contributed by atoms with Gasteiger partial charge in [0.15, 0.2) is 0 Å². The smallest absolute Gasteiger partial charge is 0.205 e. The Kier molecular flexibility index (Phi) is 3.96. The first-order chi connectivity index (χ1) is 5.83. The Bertz CT molecular complexity index is 199. The summed E-state index contributed by atoms with van der Waals surface area (Å²) in [5, 5.41) is 11.6. The Balaban J connectivity index is 2.11. The predicted octanol–water partition coefficient (Wildman–Crippen LogP) is 1.08. The van der Waals surface area contributed by atoms with Crippen molar-refractivity contribution in [3.8, 4) is 0 Å². The Morgan fingerprint density at radius 1 is 1.75 bits per heavy atom. The van der Waals surface area contributed by atoms with Gasteiger partial charge in [-0.1, -0.05) is 18.3 Å². The fourth-order valence-corrected chi connectivity index (χ4v) is 1.29. The molecular formula is C7H14N4S. The van der Waals surface area contributed by atoms with Gasteiger partial charge in [-0.05, 0) is 12.8 Å². The first kappa shape index (κ1) is 9.41. The van der Waals surface area contributed by atoms with Crippen molar-refractivity contribution in [2.45, 2.75) is 25.8 Å². The van der Waals surface area contributed by atoms with Crippen LogP contribution in [0.5, 0.6) is 0 Å². The van der Waals surface area contributed by atoms with E-state index in [1.165, 1.54) is 11.3 Å². The number of hydrogen-bond acceptors (Lipinski definition) is 5. The Hall–Kier alpha value is -0.680. The molecule has 0 bridgehead atoms. The van der Waals surface area contributed by atoms with E-state index in [1.54, 1.807) is 5.51 Å². The molecule has 5 heteroatoms. The maximum Gasteiger partial charge on any atom is 0.205 e. The van der Waals surface area contributed by atoms with Crippen molar-refractivity contribution in [1.82, 2.24) is 10.2 Å².